The molecule has 0 aliphatic rings. The number of hydrogen-bond donors (Lipinski definition) is 2. The van der Waals surface area contributed by atoms with Gasteiger partial charge in [-0.2, -0.15) is 0 Å². The molecular formula is C30H28N2O2S. The van der Waals surface area contributed by atoms with Gasteiger partial charge < -0.3 is 10.6 Å². The summed E-state index contributed by atoms with van der Waals surface area (Å²) in [6.07, 6.45) is 0. The highest BCUT2D eigenvalue weighted by Gasteiger charge is 2.23. The maximum atomic E-state index is 13.4. The number of amides is 2. The van der Waals surface area contributed by atoms with Crippen molar-refractivity contribution in [3.05, 3.63) is 125 Å². The van der Waals surface area contributed by atoms with E-state index >= 15 is 0 Å². The number of benzene rings is 4. The van der Waals surface area contributed by atoms with Gasteiger partial charge in [-0.1, -0.05) is 66.2 Å². The zero-order chi connectivity index (χ0) is 24.8. The summed E-state index contributed by atoms with van der Waals surface area (Å²) in [5.41, 5.74) is 6.27. The highest BCUT2D eigenvalue weighted by atomic mass is 32.2. The average Bonchev–Trinajstić information content (AvgIpc) is 2.86. The van der Waals surface area contributed by atoms with Crippen LogP contribution in [0.2, 0.25) is 0 Å². The van der Waals surface area contributed by atoms with Crippen LogP contribution in [-0.4, -0.2) is 11.8 Å². The van der Waals surface area contributed by atoms with Crippen molar-refractivity contribution in [1.82, 2.24) is 0 Å². The van der Waals surface area contributed by atoms with Crippen LogP contribution < -0.4 is 10.6 Å². The smallest absolute Gasteiger partial charge is 0.255 e. The molecule has 5 heteroatoms. The van der Waals surface area contributed by atoms with E-state index in [1.807, 2.05) is 118 Å². The number of para-hydroxylation sites is 1. The average molecular weight is 481 g/mol. The van der Waals surface area contributed by atoms with Crippen molar-refractivity contribution in [1.29, 1.82) is 0 Å². The van der Waals surface area contributed by atoms with Gasteiger partial charge in [0.25, 0.3) is 5.91 Å². The minimum Gasteiger partial charge on any atom is -0.324 e. The van der Waals surface area contributed by atoms with Crippen molar-refractivity contribution in [2.45, 2.75) is 30.9 Å². The van der Waals surface area contributed by atoms with Gasteiger partial charge in [0.05, 0.1) is 0 Å². The summed E-state index contributed by atoms with van der Waals surface area (Å²) in [7, 11) is 0. The standard InChI is InChI=1S/C30H28N2O2S/c1-20-12-14-24(15-13-20)29(33)31-25-16-18-26(19-17-25)35-28(23-10-5-4-6-11-23)30(34)32-27-21(2)8-7-9-22(27)3/h4-19,28H,1-3H3,(H,31,33)(H,32,34). The van der Waals surface area contributed by atoms with Gasteiger partial charge in [0.1, 0.15) is 5.25 Å². The van der Waals surface area contributed by atoms with E-state index in [4.69, 9.17) is 0 Å². The summed E-state index contributed by atoms with van der Waals surface area (Å²) in [6, 6.07) is 30.8. The van der Waals surface area contributed by atoms with Gasteiger partial charge in [0, 0.05) is 21.8 Å². The van der Waals surface area contributed by atoms with E-state index < -0.39 is 5.25 Å². The molecule has 2 N–H and O–H groups in total. The molecule has 4 rings (SSSR count). The summed E-state index contributed by atoms with van der Waals surface area (Å²) in [6.45, 7) is 5.98. The number of carbonyl (C=O) groups excluding carboxylic acids is 2. The Hall–Kier alpha value is -3.83. The minimum atomic E-state index is -0.428. The topological polar surface area (TPSA) is 58.2 Å². The third kappa shape index (κ3) is 6.19. The van der Waals surface area contributed by atoms with Gasteiger partial charge in [-0.05, 0) is 73.9 Å². The van der Waals surface area contributed by atoms with Crippen molar-refractivity contribution < 1.29 is 9.59 Å². The summed E-state index contributed by atoms with van der Waals surface area (Å²) in [4.78, 5) is 26.9. The second-order valence-electron chi connectivity index (χ2n) is 8.51. The molecule has 4 aromatic rings. The molecule has 0 aromatic heterocycles. The Balaban J connectivity index is 1.50. The highest BCUT2D eigenvalue weighted by molar-refractivity contribution is 8.00. The van der Waals surface area contributed by atoms with Gasteiger partial charge in [-0.25, -0.2) is 0 Å². The second kappa shape index (κ2) is 11.1. The molecule has 0 saturated carbocycles. The fourth-order valence-electron chi connectivity index (χ4n) is 3.76. The molecule has 0 heterocycles. The van der Waals surface area contributed by atoms with Crippen LogP contribution in [0.5, 0.6) is 0 Å². The van der Waals surface area contributed by atoms with Crippen LogP contribution in [0, 0.1) is 20.8 Å². The molecule has 0 aliphatic carbocycles. The van der Waals surface area contributed by atoms with Crippen molar-refractivity contribution >= 4 is 35.0 Å². The number of aryl methyl sites for hydroxylation is 3. The predicted octanol–water partition coefficient (Wildman–Crippen LogP) is 7.34. The first-order valence-electron chi connectivity index (χ1n) is 11.5. The molecule has 0 spiro atoms. The molecule has 0 bridgehead atoms. The number of carbonyl (C=O) groups is 2. The zero-order valence-electron chi connectivity index (χ0n) is 20.0. The molecule has 0 aliphatic heterocycles. The Morgan fingerprint density at radius 3 is 1.94 bits per heavy atom. The van der Waals surface area contributed by atoms with Crippen LogP contribution >= 0.6 is 11.8 Å². The van der Waals surface area contributed by atoms with E-state index in [-0.39, 0.29) is 11.8 Å². The maximum absolute atomic E-state index is 13.4. The van der Waals surface area contributed by atoms with Gasteiger partial charge in [0.2, 0.25) is 5.91 Å². The number of hydrogen-bond acceptors (Lipinski definition) is 3. The van der Waals surface area contributed by atoms with Crippen LogP contribution in [0.3, 0.4) is 0 Å². The van der Waals surface area contributed by atoms with E-state index in [2.05, 4.69) is 10.6 Å². The van der Waals surface area contributed by atoms with Crippen LogP contribution in [0.4, 0.5) is 11.4 Å². The van der Waals surface area contributed by atoms with E-state index in [0.29, 0.717) is 11.3 Å². The molecule has 1 atom stereocenters. The number of anilines is 2. The fourth-order valence-corrected chi connectivity index (χ4v) is 4.79. The number of thioether (sulfide) groups is 1. The Labute approximate surface area is 210 Å². The van der Waals surface area contributed by atoms with E-state index in [1.165, 1.54) is 11.8 Å². The van der Waals surface area contributed by atoms with Crippen LogP contribution in [0.25, 0.3) is 0 Å². The highest BCUT2D eigenvalue weighted by Crippen LogP contribution is 2.37. The normalized spacial score (nSPS) is 11.5. The third-order valence-corrected chi connectivity index (χ3v) is 7.02. The molecule has 4 aromatic carbocycles. The lowest BCUT2D eigenvalue weighted by molar-refractivity contribution is -0.115. The maximum Gasteiger partial charge on any atom is 0.255 e. The Bertz CT molecular complexity index is 1300. The molecule has 35 heavy (non-hydrogen) atoms. The van der Waals surface area contributed by atoms with Gasteiger partial charge >= 0.3 is 0 Å². The summed E-state index contributed by atoms with van der Waals surface area (Å²) < 4.78 is 0. The van der Waals surface area contributed by atoms with Gasteiger partial charge in [-0.3, -0.25) is 9.59 Å². The van der Waals surface area contributed by atoms with E-state index in [0.717, 1.165) is 32.8 Å². The summed E-state index contributed by atoms with van der Waals surface area (Å²) >= 11 is 1.48. The lowest BCUT2D eigenvalue weighted by Gasteiger charge is -2.19. The van der Waals surface area contributed by atoms with Gasteiger partial charge in [-0.15, -0.1) is 11.8 Å². The fraction of sp³-hybridized carbons (Fsp3) is 0.133. The summed E-state index contributed by atoms with van der Waals surface area (Å²) in [5, 5.41) is 5.64. The lowest BCUT2D eigenvalue weighted by Crippen LogP contribution is -2.20. The summed E-state index contributed by atoms with van der Waals surface area (Å²) in [5.74, 6) is -0.226. The zero-order valence-corrected chi connectivity index (χ0v) is 20.9. The SMILES string of the molecule is Cc1ccc(C(=O)Nc2ccc(SC(C(=O)Nc3c(C)cccc3C)c3ccccc3)cc2)cc1. The number of nitrogens with one attached hydrogen (secondary N) is 2. The second-order valence-corrected chi connectivity index (χ2v) is 9.69. The van der Waals surface area contributed by atoms with E-state index in [9.17, 15) is 9.59 Å². The van der Waals surface area contributed by atoms with Gasteiger partial charge in [0.15, 0.2) is 0 Å². The van der Waals surface area contributed by atoms with Crippen molar-refractivity contribution in [2.24, 2.45) is 0 Å². The third-order valence-electron chi connectivity index (χ3n) is 5.75. The molecule has 0 saturated heterocycles. The molecule has 176 valence electrons. The molecule has 4 nitrogen and oxygen atoms in total. The largest absolute Gasteiger partial charge is 0.324 e. The molecule has 0 radical (unpaired) electrons. The predicted molar refractivity (Wildman–Crippen MR) is 145 cm³/mol. The molecule has 1 unspecified atom stereocenters. The van der Waals surface area contributed by atoms with Crippen molar-refractivity contribution in [3.8, 4) is 0 Å². The van der Waals surface area contributed by atoms with Crippen LogP contribution in [0.1, 0.15) is 37.9 Å². The first kappa shape index (κ1) is 24.3. The molecular weight excluding hydrogens is 452 g/mol. The first-order chi connectivity index (χ1) is 16.9. The number of rotatable bonds is 7. The Kier molecular flexibility index (Phi) is 7.68. The van der Waals surface area contributed by atoms with Crippen LogP contribution in [0.15, 0.2) is 102 Å². The quantitative estimate of drug-likeness (QED) is 0.272. The van der Waals surface area contributed by atoms with Crippen molar-refractivity contribution in [3.63, 3.8) is 0 Å². The Morgan fingerprint density at radius 1 is 0.686 bits per heavy atom. The molecule has 2 amide bonds. The molecule has 0 fully saturated rings. The minimum absolute atomic E-state index is 0.0737. The van der Waals surface area contributed by atoms with Crippen LogP contribution in [-0.2, 0) is 4.79 Å². The first-order valence-corrected chi connectivity index (χ1v) is 12.4. The van der Waals surface area contributed by atoms with E-state index in [1.54, 1.807) is 0 Å². The Morgan fingerprint density at radius 2 is 1.31 bits per heavy atom. The monoisotopic (exact) mass is 480 g/mol. The van der Waals surface area contributed by atoms with Crippen molar-refractivity contribution in [2.75, 3.05) is 10.6 Å². The lowest BCUT2D eigenvalue weighted by atomic mass is 10.1.